The third kappa shape index (κ3) is 3.58. The molecular weight excluding hydrogens is 338 g/mol. The first-order valence-electron chi connectivity index (χ1n) is 8.75. The highest BCUT2D eigenvalue weighted by atomic mass is 16.5. The van der Waals surface area contributed by atoms with Crippen molar-refractivity contribution in [3.8, 4) is 17.2 Å². The molecule has 27 heavy (non-hydrogen) atoms. The van der Waals surface area contributed by atoms with Gasteiger partial charge in [0.25, 0.3) is 0 Å². The van der Waals surface area contributed by atoms with E-state index in [9.17, 15) is 0 Å². The summed E-state index contributed by atoms with van der Waals surface area (Å²) < 4.78 is 13.2. The molecule has 136 valence electrons. The summed E-state index contributed by atoms with van der Waals surface area (Å²) in [6.07, 6.45) is 1.86. The van der Waals surface area contributed by atoms with Crippen LogP contribution in [0.15, 0.2) is 66.9 Å². The van der Waals surface area contributed by atoms with Crippen molar-refractivity contribution in [1.29, 1.82) is 0 Å². The smallest absolute Gasteiger partial charge is 0.130 e. The molecule has 4 rings (SSSR count). The summed E-state index contributed by atoms with van der Waals surface area (Å²) in [5, 5.41) is 5.56. The highest BCUT2D eigenvalue weighted by Crippen LogP contribution is 2.29. The van der Waals surface area contributed by atoms with E-state index in [0.29, 0.717) is 6.54 Å². The van der Waals surface area contributed by atoms with Crippen molar-refractivity contribution in [3.63, 3.8) is 0 Å². The van der Waals surface area contributed by atoms with Crippen LogP contribution in [0.4, 0.5) is 5.69 Å². The maximum absolute atomic E-state index is 6.02. The Hall–Kier alpha value is -3.47. The maximum Gasteiger partial charge on any atom is 0.130 e. The summed E-state index contributed by atoms with van der Waals surface area (Å²) in [6.45, 7) is 2.68. The van der Waals surface area contributed by atoms with Crippen LogP contribution < -0.4 is 15.2 Å². The third-order valence-corrected chi connectivity index (χ3v) is 4.53. The van der Waals surface area contributed by atoms with Crippen molar-refractivity contribution in [2.75, 3.05) is 12.8 Å². The molecule has 0 unspecified atom stereocenters. The van der Waals surface area contributed by atoms with E-state index in [1.165, 1.54) is 5.56 Å². The standard InChI is InChI=1S/C22H21N3O2/c1-15-11-18(23)5-10-22(15)27-20-8-9-21-17(12-20)13-24-25(21)14-16-3-6-19(26-2)7-4-16/h3-13H,14,23H2,1-2H3. The predicted octanol–water partition coefficient (Wildman–Crippen LogP) is 4.78. The molecule has 0 atom stereocenters. The Bertz CT molecular complexity index is 1080. The van der Waals surface area contributed by atoms with E-state index < -0.39 is 0 Å². The fraction of sp³-hybridized carbons (Fsp3) is 0.136. The number of aryl methyl sites for hydroxylation is 1. The summed E-state index contributed by atoms with van der Waals surface area (Å²) in [6, 6.07) is 19.7. The zero-order valence-corrected chi connectivity index (χ0v) is 15.3. The lowest BCUT2D eigenvalue weighted by molar-refractivity contribution is 0.414. The van der Waals surface area contributed by atoms with E-state index >= 15 is 0 Å². The normalized spacial score (nSPS) is 10.9. The summed E-state index contributed by atoms with van der Waals surface area (Å²) in [4.78, 5) is 0. The highest BCUT2D eigenvalue weighted by Gasteiger charge is 2.07. The van der Waals surface area contributed by atoms with Crippen molar-refractivity contribution in [2.24, 2.45) is 0 Å². The van der Waals surface area contributed by atoms with Gasteiger partial charge in [-0.3, -0.25) is 4.68 Å². The molecule has 0 saturated heterocycles. The van der Waals surface area contributed by atoms with Crippen molar-refractivity contribution < 1.29 is 9.47 Å². The van der Waals surface area contributed by atoms with Gasteiger partial charge in [0.05, 0.1) is 25.4 Å². The van der Waals surface area contributed by atoms with Crippen molar-refractivity contribution in [3.05, 3.63) is 78.0 Å². The largest absolute Gasteiger partial charge is 0.497 e. The van der Waals surface area contributed by atoms with Crippen LogP contribution in [0.1, 0.15) is 11.1 Å². The van der Waals surface area contributed by atoms with Gasteiger partial charge < -0.3 is 15.2 Å². The number of ether oxygens (including phenoxy) is 2. The minimum absolute atomic E-state index is 0.699. The Kier molecular flexibility index (Phi) is 4.42. The first-order chi connectivity index (χ1) is 13.1. The molecule has 0 aliphatic heterocycles. The number of hydrogen-bond donors (Lipinski definition) is 1. The van der Waals surface area contributed by atoms with Crippen LogP contribution >= 0.6 is 0 Å². The molecule has 3 aromatic carbocycles. The molecule has 0 spiro atoms. The average molecular weight is 359 g/mol. The first-order valence-corrected chi connectivity index (χ1v) is 8.75. The Morgan fingerprint density at radius 1 is 0.963 bits per heavy atom. The van der Waals surface area contributed by atoms with Crippen LogP contribution in [0.2, 0.25) is 0 Å². The van der Waals surface area contributed by atoms with Gasteiger partial charge in [-0.25, -0.2) is 0 Å². The summed E-state index contributed by atoms with van der Waals surface area (Å²) in [5.74, 6) is 2.43. The molecule has 5 heteroatoms. The lowest BCUT2D eigenvalue weighted by atomic mass is 10.2. The van der Waals surface area contributed by atoms with E-state index in [-0.39, 0.29) is 0 Å². The Labute approximate surface area is 157 Å². The molecule has 1 aromatic heterocycles. The van der Waals surface area contributed by atoms with Gasteiger partial charge in [0, 0.05) is 11.1 Å². The van der Waals surface area contributed by atoms with E-state index in [2.05, 4.69) is 5.10 Å². The number of hydrogen-bond acceptors (Lipinski definition) is 4. The molecule has 2 N–H and O–H groups in total. The third-order valence-electron chi connectivity index (χ3n) is 4.53. The van der Waals surface area contributed by atoms with Crippen molar-refractivity contribution in [2.45, 2.75) is 13.5 Å². The van der Waals surface area contributed by atoms with Crippen LogP contribution in [-0.4, -0.2) is 16.9 Å². The molecule has 4 aromatic rings. The summed E-state index contributed by atoms with van der Waals surface area (Å²) in [7, 11) is 1.67. The quantitative estimate of drug-likeness (QED) is 0.521. The number of fused-ring (bicyclic) bond motifs is 1. The SMILES string of the molecule is COc1ccc(Cn2ncc3cc(Oc4ccc(N)cc4C)ccc32)cc1. The number of anilines is 1. The van der Waals surface area contributed by atoms with E-state index in [1.54, 1.807) is 7.11 Å². The highest BCUT2D eigenvalue weighted by molar-refractivity contribution is 5.80. The van der Waals surface area contributed by atoms with Crippen molar-refractivity contribution >= 4 is 16.6 Å². The van der Waals surface area contributed by atoms with Crippen LogP contribution in [0.3, 0.4) is 0 Å². The van der Waals surface area contributed by atoms with Gasteiger partial charge in [-0.15, -0.1) is 0 Å². The van der Waals surface area contributed by atoms with Crippen LogP contribution in [0.5, 0.6) is 17.2 Å². The lowest BCUT2D eigenvalue weighted by Crippen LogP contribution is -2.01. The van der Waals surface area contributed by atoms with Gasteiger partial charge in [0.2, 0.25) is 0 Å². The lowest BCUT2D eigenvalue weighted by Gasteiger charge is -2.10. The van der Waals surface area contributed by atoms with Gasteiger partial charge in [-0.2, -0.15) is 5.10 Å². The zero-order valence-electron chi connectivity index (χ0n) is 15.3. The molecule has 5 nitrogen and oxygen atoms in total. The summed E-state index contributed by atoms with van der Waals surface area (Å²) in [5.41, 5.74) is 9.77. The Morgan fingerprint density at radius 2 is 1.74 bits per heavy atom. The summed E-state index contributed by atoms with van der Waals surface area (Å²) >= 11 is 0. The Morgan fingerprint density at radius 3 is 2.48 bits per heavy atom. The molecule has 0 bridgehead atoms. The topological polar surface area (TPSA) is 62.3 Å². The molecule has 0 radical (unpaired) electrons. The minimum atomic E-state index is 0.699. The molecule has 0 aliphatic rings. The van der Waals surface area contributed by atoms with Crippen molar-refractivity contribution in [1.82, 2.24) is 9.78 Å². The first kappa shape index (κ1) is 17.0. The fourth-order valence-corrected chi connectivity index (χ4v) is 3.07. The predicted molar refractivity (Wildman–Crippen MR) is 107 cm³/mol. The van der Waals surface area contributed by atoms with E-state index in [0.717, 1.165) is 39.4 Å². The number of nitrogen functional groups attached to an aromatic ring is 1. The van der Waals surface area contributed by atoms with Gasteiger partial charge in [-0.05, 0) is 66.6 Å². The fourth-order valence-electron chi connectivity index (χ4n) is 3.07. The monoisotopic (exact) mass is 359 g/mol. The minimum Gasteiger partial charge on any atom is -0.497 e. The van der Waals surface area contributed by atoms with E-state index in [4.69, 9.17) is 15.2 Å². The molecule has 0 saturated carbocycles. The van der Waals surface area contributed by atoms with Gasteiger partial charge in [-0.1, -0.05) is 12.1 Å². The molecule has 0 amide bonds. The molecule has 0 fully saturated rings. The molecule has 0 aliphatic carbocycles. The molecular formula is C22H21N3O2. The second-order valence-electron chi connectivity index (χ2n) is 6.50. The number of rotatable bonds is 5. The maximum atomic E-state index is 6.02. The van der Waals surface area contributed by atoms with Crippen LogP contribution in [0.25, 0.3) is 10.9 Å². The van der Waals surface area contributed by atoms with Crippen LogP contribution in [0, 0.1) is 6.92 Å². The van der Waals surface area contributed by atoms with Gasteiger partial charge >= 0.3 is 0 Å². The van der Waals surface area contributed by atoms with E-state index in [1.807, 2.05) is 78.5 Å². The van der Waals surface area contributed by atoms with Crippen LogP contribution in [-0.2, 0) is 6.54 Å². The molecule has 1 heterocycles. The Balaban J connectivity index is 1.57. The second-order valence-corrected chi connectivity index (χ2v) is 6.50. The number of aromatic nitrogens is 2. The zero-order chi connectivity index (χ0) is 18.8. The number of methoxy groups -OCH3 is 1. The number of benzene rings is 3. The number of nitrogens with zero attached hydrogens (tertiary/aromatic N) is 2. The number of nitrogens with two attached hydrogens (primary N) is 1. The van der Waals surface area contributed by atoms with Gasteiger partial charge in [0.1, 0.15) is 17.2 Å². The second kappa shape index (κ2) is 7.03. The average Bonchev–Trinajstić information content (AvgIpc) is 3.07. The van der Waals surface area contributed by atoms with Gasteiger partial charge in [0.15, 0.2) is 0 Å².